The van der Waals surface area contributed by atoms with Crippen molar-refractivity contribution < 1.29 is 4.52 Å². The summed E-state index contributed by atoms with van der Waals surface area (Å²) in [6, 6.07) is 2.65. The van der Waals surface area contributed by atoms with E-state index in [0.29, 0.717) is 6.04 Å². The minimum Gasteiger partial charge on any atom is -0.360 e. The van der Waals surface area contributed by atoms with E-state index in [2.05, 4.69) is 29.2 Å². The highest BCUT2D eigenvalue weighted by molar-refractivity contribution is 5.03. The summed E-state index contributed by atoms with van der Waals surface area (Å²) in [7, 11) is 0. The standard InChI is InChI=1S/C13H23N3O/c1-10(2)6-12-8-16(5-4-14-12)9-13-7-11(3)15-17-13/h7,10,12,14H,4-6,8-9H2,1-3H3. The third-order valence-corrected chi connectivity index (χ3v) is 3.15. The van der Waals surface area contributed by atoms with Crippen molar-refractivity contribution in [3.8, 4) is 0 Å². The summed E-state index contributed by atoms with van der Waals surface area (Å²) in [4.78, 5) is 2.45. The largest absolute Gasteiger partial charge is 0.360 e. The van der Waals surface area contributed by atoms with Gasteiger partial charge in [-0.05, 0) is 19.3 Å². The molecule has 1 aliphatic rings. The van der Waals surface area contributed by atoms with Crippen LogP contribution in [0.3, 0.4) is 0 Å². The van der Waals surface area contributed by atoms with Crippen LogP contribution in [-0.2, 0) is 6.54 Å². The van der Waals surface area contributed by atoms with Crippen molar-refractivity contribution in [2.45, 2.75) is 39.8 Å². The number of aromatic nitrogens is 1. The predicted octanol–water partition coefficient (Wildman–Crippen LogP) is 1.80. The van der Waals surface area contributed by atoms with Crippen molar-refractivity contribution >= 4 is 0 Å². The zero-order valence-electron chi connectivity index (χ0n) is 11.1. The Hall–Kier alpha value is -0.870. The quantitative estimate of drug-likeness (QED) is 0.867. The number of aryl methyl sites for hydroxylation is 1. The number of nitrogens with one attached hydrogen (secondary N) is 1. The highest BCUT2D eigenvalue weighted by Crippen LogP contribution is 2.12. The summed E-state index contributed by atoms with van der Waals surface area (Å²) >= 11 is 0. The van der Waals surface area contributed by atoms with Crippen molar-refractivity contribution in [2.24, 2.45) is 5.92 Å². The molecular formula is C13H23N3O. The highest BCUT2D eigenvalue weighted by Gasteiger charge is 2.20. The van der Waals surface area contributed by atoms with Crippen molar-refractivity contribution in [3.05, 3.63) is 17.5 Å². The monoisotopic (exact) mass is 237 g/mol. The first-order chi connectivity index (χ1) is 8.13. The third-order valence-electron chi connectivity index (χ3n) is 3.15. The topological polar surface area (TPSA) is 41.3 Å². The second kappa shape index (κ2) is 5.65. The summed E-state index contributed by atoms with van der Waals surface area (Å²) in [5.41, 5.74) is 0.967. The van der Waals surface area contributed by atoms with E-state index < -0.39 is 0 Å². The van der Waals surface area contributed by atoms with E-state index in [4.69, 9.17) is 4.52 Å². The van der Waals surface area contributed by atoms with E-state index in [-0.39, 0.29) is 0 Å². The van der Waals surface area contributed by atoms with E-state index in [9.17, 15) is 0 Å². The van der Waals surface area contributed by atoms with Crippen molar-refractivity contribution in [3.63, 3.8) is 0 Å². The minimum absolute atomic E-state index is 0.618. The van der Waals surface area contributed by atoms with E-state index in [1.54, 1.807) is 0 Å². The molecule has 1 atom stereocenters. The van der Waals surface area contributed by atoms with Gasteiger partial charge in [0.1, 0.15) is 0 Å². The van der Waals surface area contributed by atoms with Crippen molar-refractivity contribution in [1.29, 1.82) is 0 Å². The molecule has 4 heteroatoms. The molecule has 0 aliphatic carbocycles. The molecule has 0 aromatic carbocycles. The molecular weight excluding hydrogens is 214 g/mol. The Labute approximate surface area is 103 Å². The summed E-state index contributed by atoms with van der Waals surface area (Å²) in [6.07, 6.45) is 1.24. The summed E-state index contributed by atoms with van der Waals surface area (Å²) in [6.45, 7) is 10.7. The van der Waals surface area contributed by atoms with Gasteiger partial charge in [0.25, 0.3) is 0 Å². The summed E-state index contributed by atoms with van der Waals surface area (Å²) < 4.78 is 5.27. The maximum atomic E-state index is 5.27. The summed E-state index contributed by atoms with van der Waals surface area (Å²) in [5, 5.41) is 7.52. The summed E-state index contributed by atoms with van der Waals surface area (Å²) in [5.74, 6) is 1.73. The molecule has 1 fully saturated rings. The van der Waals surface area contributed by atoms with Crippen LogP contribution in [-0.4, -0.2) is 35.7 Å². The minimum atomic E-state index is 0.618. The van der Waals surface area contributed by atoms with Gasteiger partial charge in [0, 0.05) is 31.7 Å². The lowest BCUT2D eigenvalue weighted by Crippen LogP contribution is -2.50. The Morgan fingerprint density at radius 1 is 1.59 bits per heavy atom. The smallest absolute Gasteiger partial charge is 0.150 e. The van der Waals surface area contributed by atoms with Gasteiger partial charge in [0.15, 0.2) is 5.76 Å². The maximum Gasteiger partial charge on any atom is 0.150 e. The average molecular weight is 237 g/mol. The Kier molecular flexibility index (Phi) is 4.18. The number of piperazine rings is 1. The van der Waals surface area contributed by atoms with Crippen LogP contribution < -0.4 is 5.32 Å². The molecule has 0 bridgehead atoms. The first-order valence-electron chi connectivity index (χ1n) is 6.51. The molecule has 1 N–H and O–H groups in total. The zero-order chi connectivity index (χ0) is 12.3. The van der Waals surface area contributed by atoms with Gasteiger partial charge in [-0.1, -0.05) is 19.0 Å². The fourth-order valence-electron chi connectivity index (χ4n) is 2.48. The lowest BCUT2D eigenvalue weighted by Gasteiger charge is -2.33. The third kappa shape index (κ3) is 3.82. The SMILES string of the molecule is Cc1cc(CN2CCNC(CC(C)C)C2)on1. The lowest BCUT2D eigenvalue weighted by molar-refractivity contribution is 0.164. The molecule has 0 amide bonds. The van der Waals surface area contributed by atoms with Gasteiger partial charge < -0.3 is 9.84 Å². The van der Waals surface area contributed by atoms with Crippen molar-refractivity contribution in [1.82, 2.24) is 15.4 Å². The molecule has 1 saturated heterocycles. The van der Waals surface area contributed by atoms with Crippen LogP contribution in [0.1, 0.15) is 31.7 Å². The highest BCUT2D eigenvalue weighted by atomic mass is 16.5. The molecule has 17 heavy (non-hydrogen) atoms. The molecule has 1 aliphatic heterocycles. The molecule has 0 radical (unpaired) electrons. The Balaban J connectivity index is 1.85. The molecule has 1 aromatic heterocycles. The number of rotatable bonds is 4. The zero-order valence-corrected chi connectivity index (χ0v) is 11.1. The van der Waals surface area contributed by atoms with E-state index >= 15 is 0 Å². The van der Waals surface area contributed by atoms with Gasteiger partial charge in [-0.2, -0.15) is 0 Å². The molecule has 2 rings (SSSR count). The molecule has 1 unspecified atom stereocenters. The van der Waals surface area contributed by atoms with Gasteiger partial charge in [-0.3, -0.25) is 4.90 Å². The van der Waals surface area contributed by atoms with E-state index in [1.165, 1.54) is 6.42 Å². The van der Waals surface area contributed by atoms with Gasteiger partial charge in [0.05, 0.1) is 12.2 Å². The van der Waals surface area contributed by atoms with Gasteiger partial charge in [-0.25, -0.2) is 0 Å². The second-order valence-electron chi connectivity index (χ2n) is 5.45. The normalized spacial score (nSPS) is 22.2. The maximum absolute atomic E-state index is 5.27. The molecule has 4 nitrogen and oxygen atoms in total. The van der Waals surface area contributed by atoms with Crippen LogP contribution in [0.25, 0.3) is 0 Å². The molecule has 0 saturated carbocycles. The van der Waals surface area contributed by atoms with Gasteiger partial charge in [0.2, 0.25) is 0 Å². The van der Waals surface area contributed by atoms with Crippen LogP contribution in [0.15, 0.2) is 10.6 Å². The van der Waals surface area contributed by atoms with Crippen LogP contribution in [0, 0.1) is 12.8 Å². The van der Waals surface area contributed by atoms with E-state index in [1.807, 2.05) is 13.0 Å². The van der Waals surface area contributed by atoms with Crippen LogP contribution in [0.5, 0.6) is 0 Å². The lowest BCUT2D eigenvalue weighted by atomic mass is 10.0. The second-order valence-corrected chi connectivity index (χ2v) is 5.45. The fraction of sp³-hybridized carbons (Fsp3) is 0.769. The first-order valence-corrected chi connectivity index (χ1v) is 6.51. The number of nitrogens with zero attached hydrogens (tertiary/aromatic N) is 2. The first kappa shape index (κ1) is 12.6. The van der Waals surface area contributed by atoms with Crippen LogP contribution in [0.2, 0.25) is 0 Å². The number of hydrogen-bond acceptors (Lipinski definition) is 4. The molecule has 0 spiro atoms. The van der Waals surface area contributed by atoms with E-state index in [0.717, 1.165) is 43.6 Å². The Morgan fingerprint density at radius 3 is 3.06 bits per heavy atom. The fourth-order valence-corrected chi connectivity index (χ4v) is 2.48. The molecule has 2 heterocycles. The van der Waals surface area contributed by atoms with Crippen LogP contribution >= 0.6 is 0 Å². The Morgan fingerprint density at radius 2 is 2.41 bits per heavy atom. The van der Waals surface area contributed by atoms with Crippen molar-refractivity contribution in [2.75, 3.05) is 19.6 Å². The molecule has 96 valence electrons. The number of hydrogen-bond donors (Lipinski definition) is 1. The van der Waals surface area contributed by atoms with Gasteiger partial charge in [-0.15, -0.1) is 0 Å². The Bertz CT molecular complexity index is 348. The van der Waals surface area contributed by atoms with Gasteiger partial charge >= 0.3 is 0 Å². The predicted molar refractivity (Wildman–Crippen MR) is 67.8 cm³/mol. The average Bonchev–Trinajstić information content (AvgIpc) is 2.63. The van der Waals surface area contributed by atoms with Crippen LogP contribution in [0.4, 0.5) is 0 Å². The molecule has 1 aromatic rings.